The summed E-state index contributed by atoms with van der Waals surface area (Å²) in [6.07, 6.45) is 1.79. The molecule has 40 heavy (non-hydrogen) atoms. The van der Waals surface area contributed by atoms with E-state index in [0.717, 1.165) is 11.8 Å². The largest absolute Gasteiger partial charge is 0.497 e. The standard InChI is InChI=1S/C29H33F4N3O3S/c1-39-20-2-3-25-21(14-20)27(18(16-34)17-35-25)22(31)4-5-29(15-26(37)38)6-8-36(9-7-29)10-11-40-28-23(32)12-19(30)13-24(28)33/h2-3,12-14,17,22H,4-11,15-16,34H2,1H3,(H,37,38)/t22-/m0/s1. The third-order valence-electron chi connectivity index (χ3n) is 7.72. The molecule has 4 rings (SSSR count). The number of hydrogen-bond donors (Lipinski definition) is 2. The number of thioether (sulfide) groups is 1. The number of carbonyl (C=O) groups is 1. The van der Waals surface area contributed by atoms with E-state index in [2.05, 4.69) is 9.88 Å². The molecule has 1 atom stereocenters. The maximum atomic E-state index is 15.9. The monoisotopic (exact) mass is 579 g/mol. The molecule has 1 fully saturated rings. The maximum Gasteiger partial charge on any atom is 0.303 e. The lowest BCUT2D eigenvalue weighted by Crippen LogP contribution is -2.42. The molecule has 0 bridgehead atoms. The number of likely N-dealkylation sites (tertiary alicyclic amines) is 1. The average Bonchev–Trinajstić information content (AvgIpc) is 2.92. The summed E-state index contributed by atoms with van der Waals surface area (Å²) < 4.78 is 62.3. The van der Waals surface area contributed by atoms with Gasteiger partial charge in [0.1, 0.15) is 29.4 Å². The number of ether oxygens (including phenoxy) is 1. The Hall–Kier alpha value is -2.89. The van der Waals surface area contributed by atoms with Crippen LogP contribution in [0.15, 0.2) is 41.4 Å². The molecule has 2 aromatic carbocycles. The number of alkyl halides is 1. The molecule has 3 aromatic rings. The van der Waals surface area contributed by atoms with Gasteiger partial charge in [0.15, 0.2) is 0 Å². The summed E-state index contributed by atoms with van der Waals surface area (Å²) in [5.41, 5.74) is 7.03. The van der Waals surface area contributed by atoms with Crippen LogP contribution in [0.5, 0.6) is 5.75 Å². The first-order valence-corrected chi connectivity index (χ1v) is 14.1. The number of rotatable bonds is 12. The highest BCUT2D eigenvalue weighted by Crippen LogP contribution is 2.43. The zero-order valence-electron chi connectivity index (χ0n) is 22.3. The van der Waals surface area contributed by atoms with Gasteiger partial charge >= 0.3 is 5.97 Å². The van der Waals surface area contributed by atoms with Crippen LogP contribution in [-0.2, 0) is 11.3 Å². The Morgan fingerprint density at radius 1 is 1.20 bits per heavy atom. The second-order valence-electron chi connectivity index (χ2n) is 10.2. The predicted octanol–water partition coefficient (Wildman–Crippen LogP) is 6.26. The SMILES string of the molecule is COc1ccc2ncc(CN)c([C@@H](F)CCC3(CC(=O)O)CCN(CCSc4c(F)cc(F)cc4F)CC3)c2c1. The number of carboxylic acids is 1. The number of piperidine rings is 1. The zero-order chi connectivity index (χ0) is 28.9. The molecule has 0 spiro atoms. The summed E-state index contributed by atoms with van der Waals surface area (Å²) >= 11 is 0.979. The molecule has 1 aromatic heterocycles. The highest BCUT2D eigenvalue weighted by molar-refractivity contribution is 7.99. The molecule has 3 N–H and O–H groups in total. The molecule has 1 aliphatic heterocycles. The van der Waals surface area contributed by atoms with E-state index in [1.165, 1.54) is 7.11 Å². The quantitative estimate of drug-likeness (QED) is 0.193. The minimum Gasteiger partial charge on any atom is -0.497 e. The van der Waals surface area contributed by atoms with Gasteiger partial charge in [-0.3, -0.25) is 9.78 Å². The first kappa shape index (κ1) is 30.1. The van der Waals surface area contributed by atoms with Crippen molar-refractivity contribution in [2.75, 3.05) is 32.5 Å². The number of pyridine rings is 1. The number of benzene rings is 2. The molecule has 0 radical (unpaired) electrons. The second-order valence-corrected chi connectivity index (χ2v) is 11.4. The summed E-state index contributed by atoms with van der Waals surface area (Å²) in [5, 5.41) is 10.3. The Morgan fingerprint density at radius 2 is 1.90 bits per heavy atom. The lowest BCUT2D eigenvalue weighted by molar-refractivity contribution is -0.141. The van der Waals surface area contributed by atoms with Crippen molar-refractivity contribution in [2.24, 2.45) is 11.1 Å². The van der Waals surface area contributed by atoms with Gasteiger partial charge in [0, 0.05) is 48.1 Å². The average molecular weight is 580 g/mol. The van der Waals surface area contributed by atoms with Crippen molar-refractivity contribution < 1.29 is 32.2 Å². The molecule has 2 heterocycles. The number of aromatic nitrogens is 1. The minimum atomic E-state index is -1.36. The van der Waals surface area contributed by atoms with Crippen molar-refractivity contribution in [3.8, 4) is 5.75 Å². The van der Waals surface area contributed by atoms with Crippen LogP contribution >= 0.6 is 11.8 Å². The normalized spacial score (nSPS) is 16.2. The van der Waals surface area contributed by atoms with E-state index in [1.807, 2.05) is 0 Å². The zero-order valence-corrected chi connectivity index (χ0v) is 23.1. The van der Waals surface area contributed by atoms with E-state index in [0.29, 0.717) is 84.6 Å². The highest BCUT2D eigenvalue weighted by Gasteiger charge is 2.37. The van der Waals surface area contributed by atoms with Crippen LogP contribution in [0.2, 0.25) is 0 Å². The van der Waals surface area contributed by atoms with Crippen LogP contribution in [0.25, 0.3) is 10.9 Å². The number of fused-ring (bicyclic) bond motifs is 1. The van der Waals surface area contributed by atoms with Gasteiger partial charge in [-0.25, -0.2) is 17.6 Å². The molecular formula is C29H33F4N3O3S. The van der Waals surface area contributed by atoms with E-state index < -0.39 is 35.0 Å². The van der Waals surface area contributed by atoms with E-state index in [4.69, 9.17) is 10.5 Å². The fourth-order valence-electron chi connectivity index (χ4n) is 5.50. The Balaban J connectivity index is 1.41. The smallest absolute Gasteiger partial charge is 0.303 e. The summed E-state index contributed by atoms with van der Waals surface area (Å²) in [6, 6.07) is 6.59. The number of hydrogen-bond acceptors (Lipinski definition) is 6. The molecule has 0 saturated carbocycles. The number of methoxy groups -OCH3 is 1. The van der Waals surface area contributed by atoms with E-state index in [1.54, 1.807) is 24.4 Å². The fraction of sp³-hybridized carbons (Fsp3) is 0.448. The van der Waals surface area contributed by atoms with Crippen molar-refractivity contribution >= 4 is 28.6 Å². The number of aliphatic carboxylic acids is 1. The van der Waals surface area contributed by atoms with Crippen molar-refractivity contribution in [3.63, 3.8) is 0 Å². The topological polar surface area (TPSA) is 88.7 Å². The molecule has 1 saturated heterocycles. The predicted molar refractivity (Wildman–Crippen MR) is 147 cm³/mol. The van der Waals surface area contributed by atoms with Gasteiger partial charge in [-0.2, -0.15) is 0 Å². The van der Waals surface area contributed by atoms with Crippen molar-refractivity contribution in [3.05, 3.63) is 65.1 Å². The van der Waals surface area contributed by atoms with Crippen LogP contribution in [0.1, 0.15) is 49.4 Å². The van der Waals surface area contributed by atoms with Gasteiger partial charge in [-0.05, 0) is 68.0 Å². The summed E-state index contributed by atoms with van der Waals surface area (Å²) in [4.78, 5) is 18.1. The first-order chi connectivity index (χ1) is 19.1. The van der Waals surface area contributed by atoms with Gasteiger partial charge in [0.25, 0.3) is 0 Å². The van der Waals surface area contributed by atoms with Crippen molar-refractivity contribution in [2.45, 2.75) is 49.7 Å². The van der Waals surface area contributed by atoms with Crippen LogP contribution < -0.4 is 10.5 Å². The number of carboxylic acid groups (broad SMARTS) is 1. The van der Waals surface area contributed by atoms with E-state index in [9.17, 15) is 23.1 Å². The number of nitrogens with two attached hydrogens (primary N) is 1. The highest BCUT2D eigenvalue weighted by atomic mass is 32.2. The third kappa shape index (κ3) is 7.05. The lowest BCUT2D eigenvalue weighted by Gasteiger charge is -2.41. The van der Waals surface area contributed by atoms with Crippen LogP contribution in [0.4, 0.5) is 17.6 Å². The molecular weight excluding hydrogens is 546 g/mol. The molecule has 6 nitrogen and oxygen atoms in total. The maximum absolute atomic E-state index is 15.9. The summed E-state index contributed by atoms with van der Waals surface area (Å²) in [6.45, 7) is 1.82. The van der Waals surface area contributed by atoms with Gasteiger partial charge < -0.3 is 20.5 Å². The molecule has 0 unspecified atom stereocenters. The van der Waals surface area contributed by atoms with Crippen LogP contribution in [0.3, 0.4) is 0 Å². The van der Waals surface area contributed by atoms with Crippen molar-refractivity contribution in [1.29, 1.82) is 0 Å². The van der Waals surface area contributed by atoms with Gasteiger partial charge in [-0.1, -0.05) is 0 Å². The molecule has 216 valence electrons. The Labute approximate surface area is 234 Å². The van der Waals surface area contributed by atoms with Crippen LogP contribution in [-0.4, -0.2) is 53.5 Å². The van der Waals surface area contributed by atoms with E-state index >= 15 is 4.39 Å². The van der Waals surface area contributed by atoms with Gasteiger partial charge in [0.05, 0.1) is 23.9 Å². The fourth-order valence-corrected chi connectivity index (χ4v) is 6.45. The molecule has 0 aliphatic carbocycles. The lowest BCUT2D eigenvalue weighted by atomic mass is 9.71. The van der Waals surface area contributed by atoms with Gasteiger partial charge in [0.2, 0.25) is 0 Å². The Bertz CT molecular complexity index is 1320. The Kier molecular flexibility index (Phi) is 9.91. The minimum absolute atomic E-state index is 0.0665. The number of nitrogens with zero attached hydrogens (tertiary/aromatic N) is 2. The summed E-state index contributed by atoms with van der Waals surface area (Å²) in [5.74, 6) is -2.78. The molecule has 11 heteroatoms. The van der Waals surface area contributed by atoms with Crippen molar-refractivity contribution in [1.82, 2.24) is 9.88 Å². The van der Waals surface area contributed by atoms with E-state index in [-0.39, 0.29) is 24.3 Å². The first-order valence-electron chi connectivity index (χ1n) is 13.2. The van der Waals surface area contributed by atoms with Gasteiger partial charge in [-0.15, -0.1) is 11.8 Å². The Morgan fingerprint density at radius 3 is 2.52 bits per heavy atom. The summed E-state index contributed by atoms with van der Waals surface area (Å²) in [7, 11) is 1.54. The third-order valence-corrected chi connectivity index (χ3v) is 8.79. The molecule has 0 amide bonds. The number of halogens is 4. The molecule has 1 aliphatic rings. The van der Waals surface area contributed by atoms with Crippen LogP contribution in [0, 0.1) is 22.9 Å². The second kappa shape index (κ2) is 13.2.